The highest BCUT2D eigenvalue weighted by Gasteiger charge is 2.49. The molecule has 0 atom stereocenters. The van der Waals surface area contributed by atoms with Gasteiger partial charge in [0.2, 0.25) is 5.95 Å². The fourth-order valence-corrected chi connectivity index (χ4v) is 4.41. The fourth-order valence-electron chi connectivity index (χ4n) is 4.41. The molecule has 0 radical (unpaired) electrons. The molecule has 0 saturated carbocycles. The van der Waals surface area contributed by atoms with Crippen molar-refractivity contribution in [3.05, 3.63) is 83.2 Å². The van der Waals surface area contributed by atoms with Gasteiger partial charge in [0.15, 0.2) is 0 Å². The minimum absolute atomic E-state index is 0.0638. The van der Waals surface area contributed by atoms with E-state index in [1.165, 1.54) is 11.1 Å². The summed E-state index contributed by atoms with van der Waals surface area (Å²) in [6.07, 6.45) is 1.80. The van der Waals surface area contributed by atoms with E-state index in [1.54, 1.807) is 6.20 Å². The van der Waals surface area contributed by atoms with Gasteiger partial charge in [0.25, 0.3) is 0 Å². The Hall–Kier alpha value is -2.96. The van der Waals surface area contributed by atoms with Crippen molar-refractivity contribution in [3.8, 4) is 5.75 Å². The van der Waals surface area contributed by atoms with Crippen molar-refractivity contribution < 1.29 is 14.6 Å². The van der Waals surface area contributed by atoms with Gasteiger partial charge in [-0.05, 0) is 34.9 Å². The van der Waals surface area contributed by atoms with E-state index in [9.17, 15) is 5.11 Å². The van der Waals surface area contributed by atoms with Gasteiger partial charge in [0.05, 0.1) is 30.9 Å². The van der Waals surface area contributed by atoms with E-state index in [0.29, 0.717) is 12.0 Å². The first-order chi connectivity index (χ1) is 15.5. The summed E-state index contributed by atoms with van der Waals surface area (Å²) in [5.41, 5.74) is 4.40. The maximum absolute atomic E-state index is 9.27. The lowest BCUT2D eigenvalue weighted by Crippen LogP contribution is -2.66. The monoisotopic (exact) mass is 431 g/mol. The second kappa shape index (κ2) is 8.19. The SMILES string of the molecule is CC(C)(c1ccc(CO)cc1)c1ccc(OCc2ccnc(N3CC4(COC4)C3)n2)cc1. The van der Waals surface area contributed by atoms with Crippen LogP contribution in [0.2, 0.25) is 0 Å². The standard InChI is InChI=1S/C26H29N3O3/c1-25(2,20-5-3-19(13-30)4-6-20)21-7-9-23(10-8-21)32-14-22-11-12-27-24(28-22)29-15-26(16-29)17-31-18-26/h3-12,30H,13-18H2,1-2H3. The minimum Gasteiger partial charge on any atom is -0.487 e. The molecule has 1 aromatic heterocycles. The summed E-state index contributed by atoms with van der Waals surface area (Å²) in [6.45, 7) is 8.52. The van der Waals surface area contributed by atoms with Crippen molar-refractivity contribution in [2.75, 3.05) is 31.2 Å². The van der Waals surface area contributed by atoms with Gasteiger partial charge >= 0.3 is 0 Å². The largest absolute Gasteiger partial charge is 0.487 e. The van der Waals surface area contributed by atoms with E-state index in [-0.39, 0.29) is 12.0 Å². The van der Waals surface area contributed by atoms with Crippen LogP contribution in [0.4, 0.5) is 5.95 Å². The summed E-state index contributed by atoms with van der Waals surface area (Å²) < 4.78 is 11.3. The predicted octanol–water partition coefficient (Wildman–Crippen LogP) is 3.71. The first-order valence-electron chi connectivity index (χ1n) is 11.1. The van der Waals surface area contributed by atoms with Gasteiger partial charge < -0.3 is 19.5 Å². The van der Waals surface area contributed by atoms with Gasteiger partial charge in [-0.1, -0.05) is 50.2 Å². The van der Waals surface area contributed by atoms with E-state index >= 15 is 0 Å². The molecule has 2 aliphatic rings. The Labute approximate surface area is 188 Å². The Balaban J connectivity index is 1.21. The fraction of sp³-hybridized carbons (Fsp3) is 0.385. The van der Waals surface area contributed by atoms with E-state index in [0.717, 1.165) is 49.3 Å². The molecular formula is C26H29N3O3. The van der Waals surface area contributed by atoms with Crippen LogP contribution in [-0.4, -0.2) is 41.4 Å². The molecule has 5 rings (SSSR count). The lowest BCUT2D eigenvalue weighted by molar-refractivity contribution is -0.127. The number of anilines is 1. The zero-order valence-electron chi connectivity index (χ0n) is 18.6. The quantitative estimate of drug-likeness (QED) is 0.615. The van der Waals surface area contributed by atoms with Gasteiger partial charge in [-0.25, -0.2) is 9.97 Å². The first-order valence-corrected chi connectivity index (χ1v) is 11.1. The van der Waals surface area contributed by atoms with Crippen molar-refractivity contribution in [1.29, 1.82) is 0 Å². The molecule has 0 bridgehead atoms. The van der Waals surface area contributed by atoms with Crippen LogP contribution in [0.1, 0.15) is 36.2 Å². The van der Waals surface area contributed by atoms with Gasteiger partial charge in [0, 0.05) is 24.7 Å². The molecule has 32 heavy (non-hydrogen) atoms. The molecule has 6 heteroatoms. The summed E-state index contributed by atoms with van der Waals surface area (Å²) in [4.78, 5) is 11.3. The summed E-state index contributed by atoms with van der Waals surface area (Å²) >= 11 is 0. The van der Waals surface area contributed by atoms with Gasteiger partial charge in [-0.3, -0.25) is 0 Å². The molecule has 2 aliphatic heterocycles. The molecule has 0 aliphatic carbocycles. The topological polar surface area (TPSA) is 67.7 Å². The van der Waals surface area contributed by atoms with E-state index in [4.69, 9.17) is 9.47 Å². The third-order valence-corrected chi connectivity index (χ3v) is 6.67. The highest BCUT2D eigenvalue weighted by Crippen LogP contribution is 2.39. The summed E-state index contributed by atoms with van der Waals surface area (Å²) in [5, 5.41) is 9.27. The van der Waals surface area contributed by atoms with Crippen LogP contribution in [0.25, 0.3) is 0 Å². The van der Waals surface area contributed by atoms with Gasteiger partial charge in [-0.15, -0.1) is 0 Å². The average Bonchev–Trinajstić information content (AvgIpc) is 2.76. The molecule has 6 nitrogen and oxygen atoms in total. The molecule has 2 aromatic carbocycles. The second-order valence-corrected chi connectivity index (χ2v) is 9.49. The van der Waals surface area contributed by atoms with E-state index in [2.05, 4.69) is 53.0 Å². The Morgan fingerprint density at radius 3 is 2.25 bits per heavy atom. The first kappa shape index (κ1) is 20.9. The molecule has 0 amide bonds. The molecule has 1 N–H and O–H groups in total. The highest BCUT2D eigenvalue weighted by atomic mass is 16.5. The highest BCUT2D eigenvalue weighted by molar-refractivity contribution is 5.41. The number of benzene rings is 2. The molecule has 0 unspecified atom stereocenters. The van der Waals surface area contributed by atoms with Crippen LogP contribution in [-0.2, 0) is 23.4 Å². The predicted molar refractivity (Wildman–Crippen MR) is 123 cm³/mol. The van der Waals surface area contributed by atoms with Crippen LogP contribution in [0.3, 0.4) is 0 Å². The van der Waals surface area contributed by atoms with E-state index in [1.807, 2.05) is 30.3 Å². The zero-order valence-corrected chi connectivity index (χ0v) is 18.6. The maximum atomic E-state index is 9.27. The summed E-state index contributed by atoms with van der Waals surface area (Å²) in [7, 11) is 0. The molecule has 2 saturated heterocycles. The van der Waals surface area contributed by atoms with E-state index < -0.39 is 0 Å². The maximum Gasteiger partial charge on any atom is 0.225 e. The Kier molecular flexibility index (Phi) is 5.35. The minimum atomic E-state index is -0.145. The smallest absolute Gasteiger partial charge is 0.225 e. The van der Waals surface area contributed by atoms with Crippen LogP contribution >= 0.6 is 0 Å². The number of aliphatic hydroxyl groups is 1. The van der Waals surface area contributed by atoms with Crippen molar-refractivity contribution in [1.82, 2.24) is 9.97 Å². The van der Waals surface area contributed by atoms with Crippen molar-refractivity contribution in [3.63, 3.8) is 0 Å². The molecule has 3 aromatic rings. The second-order valence-electron chi connectivity index (χ2n) is 9.49. The van der Waals surface area contributed by atoms with Gasteiger partial charge in [-0.2, -0.15) is 0 Å². The third-order valence-electron chi connectivity index (χ3n) is 6.67. The number of ether oxygens (including phenoxy) is 2. The summed E-state index contributed by atoms with van der Waals surface area (Å²) in [6, 6.07) is 18.3. The summed E-state index contributed by atoms with van der Waals surface area (Å²) in [5.74, 6) is 1.59. The normalized spacial score (nSPS) is 17.0. The Morgan fingerprint density at radius 1 is 1.00 bits per heavy atom. The number of aliphatic hydroxyl groups excluding tert-OH is 1. The number of hydrogen-bond donors (Lipinski definition) is 1. The van der Waals surface area contributed by atoms with Crippen LogP contribution in [0, 0.1) is 5.41 Å². The Bertz CT molecular complexity index is 1070. The molecule has 166 valence electrons. The average molecular weight is 432 g/mol. The van der Waals surface area contributed by atoms with Crippen LogP contribution in [0.5, 0.6) is 5.75 Å². The third kappa shape index (κ3) is 3.96. The molecular weight excluding hydrogens is 402 g/mol. The zero-order chi connectivity index (χ0) is 22.2. The van der Waals surface area contributed by atoms with Gasteiger partial charge in [0.1, 0.15) is 12.4 Å². The van der Waals surface area contributed by atoms with Crippen molar-refractivity contribution in [2.24, 2.45) is 5.41 Å². The number of rotatable bonds is 7. The number of hydrogen-bond acceptors (Lipinski definition) is 6. The van der Waals surface area contributed by atoms with Crippen LogP contribution in [0.15, 0.2) is 60.8 Å². The van der Waals surface area contributed by atoms with Crippen molar-refractivity contribution >= 4 is 5.95 Å². The number of nitrogens with zero attached hydrogens (tertiary/aromatic N) is 3. The van der Waals surface area contributed by atoms with Crippen molar-refractivity contribution in [2.45, 2.75) is 32.5 Å². The molecule has 2 fully saturated rings. The Morgan fingerprint density at radius 2 is 1.66 bits per heavy atom. The lowest BCUT2D eigenvalue weighted by atomic mass is 9.78. The lowest BCUT2D eigenvalue weighted by Gasteiger charge is -2.54. The molecule has 3 heterocycles. The van der Waals surface area contributed by atoms with Crippen LogP contribution < -0.4 is 9.64 Å². The number of aromatic nitrogens is 2. The molecule has 1 spiro atoms.